The van der Waals surface area contributed by atoms with Crippen LogP contribution in [-0.4, -0.2) is 18.5 Å². The number of esters is 1. The Morgan fingerprint density at radius 3 is 2.38 bits per heavy atom. The van der Waals surface area contributed by atoms with Crippen molar-refractivity contribution in [3.05, 3.63) is 69.2 Å². The summed E-state index contributed by atoms with van der Waals surface area (Å²) in [5.41, 5.74) is 1.76. The van der Waals surface area contributed by atoms with Gasteiger partial charge in [-0.25, -0.2) is 0 Å². The molecule has 6 heteroatoms. The summed E-state index contributed by atoms with van der Waals surface area (Å²) >= 11 is 9.17. The number of hydrogen-bond donors (Lipinski definition) is 1. The van der Waals surface area contributed by atoms with Crippen LogP contribution in [0.2, 0.25) is 5.02 Å². The molecule has 1 amide bonds. The lowest BCUT2D eigenvalue weighted by molar-refractivity contribution is -0.148. The zero-order valence-electron chi connectivity index (χ0n) is 13.1. The Morgan fingerprint density at radius 2 is 1.75 bits per heavy atom. The summed E-state index contributed by atoms with van der Waals surface area (Å²) in [4.78, 5) is 23.6. The van der Waals surface area contributed by atoms with Crippen LogP contribution in [0.25, 0.3) is 0 Å². The van der Waals surface area contributed by atoms with Gasteiger partial charge in [0.2, 0.25) is 0 Å². The molecule has 0 aliphatic heterocycles. The van der Waals surface area contributed by atoms with E-state index in [0.29, 0.717) is 5.02 Å². The van der Waals surface area contributed by atoms with Gasteiger partial charge in [-0.2, -0.15) is 0 Å². The van der Waals surface area contributed by atoms with Gasteiger partial charge < -0.3 is 10.1 Å². The SMILES string of the molecule is C[C@H](NC(=O)COC(=O)Cc1ccc(Br)cc1)c1ccc(Cl)cc1. The molecule has 24 heavy (non-hydrogen) atoms. The molecule has 126 valence electrons. The van der Waals surface area contributed by atoms with Gasteiger partial charge in [-0.3, -0.25) is 9.59 Å². The third-order valence-electron chi connectivity index (χ3n) is 3.37. The number of rotatable bonds is 6. The summed E-state index contributed by atoms with van der Waals surface area (Å²) in [7, 11) is 0. The largest absolute Gasteiger partial charge is 0.455 e. The first-order valence-corrected chi connectivity index (χ1v) is 8.56. The molecule has 0 saturated heterocycles. The van der Waals surface area contributed by atoms with E-state index in [-0.39, 0.29) is 25.0 Å². The van der Waals surface area contributed by atoms with Crippen molar-refractivity contribution in [2.75, 3.05) is 6.61 Å². The van der Waals surface area contributed by atoms with Gasteiger partial charge in [0.05, 0.1) is 12.5 Å². The minimum Gasteiger partial charge on any atom is -0.455 e. The third kappa shape index (κ3) is 5.98. The number of benzene rings is 2. The van der Waals surface area contributed by atoms with Crippen LogP contribution in [0.4, 0.5) is 0 Å². The number of nitrogens with one attached hydrogen (secondary N) is 1. The Kier molecular flexibility index (Phi) is 6.82. The minimum absolute atomic E-state index is 0.132. The van der Waals surface area contributed by atoms with Crippen LogP contribution < -0.4 is 5.32 Å². The molecular weight excluding hydrogens is 394 g/mol. The summed E-state index contributed by atoms with van der Waals surface area (Å²) in [6.07, 6.45) is 0.132. The maximum absolute atomic E-state index is 11.9. The number of halogens is 2. The maximum atomic E-state index is 11.9. The first kappa shape index (κ1) is 18.5. The van der Waals surface area contributed by atoms with Crippen LogP contribution in [0.3, 0.4) is 0 Å². The van der Waals surface area contributed by atoms with Gasteiger partial charge in [-0.05, 0) is 42.3 Å². The van der Waals surface area contributed by atoms with E-state index in [0.717, 1.165) is 15.6 Å². The lowest BCUT2D eigenvalue weighted by Crippen LogP contribution is -2.31. The van der Waals surface area contributed by atoms with E-state index in [1.807, 2.05) is 43.3 Å². The molecule has 0 aliphatic rings. The average Bonchev–Trinajstić information content (AvgIpc) is 2.55. The Labute approximate surface area is 154 Å². The molecule has 2 rings (SSSR count). The molecule has 0 aliphatic carbocycles. The molecule has 1 atom stereocenters. The molecule has 0 radical (unpaired) electrons. The smallest absolute Gasteiger partial charge is 0.310 e. The van der Waals surface area contributed by atoms with Gasteiger partial charge in [-0.1, -0.05) is 51.8 Å². The van der Waals surface area contributed by atoms with E-state index in [2.05, 4.69) is 21.2 Å². The Bertz CT molecular complexity index is 701. The van der Waals surface area contributed by atoms with Crippen molar-refractivity contribution < 1.29 is 14.3 Å². The van der Waals surface area contributed by atoms with E-state index in [1.165, 1.54) is 0 Å². The topological polar surface area (TPSA) is 55.4 Å². The summed E-state index contributed by atoms with van der Waals surface area (Å²) in [6.45, 7) is 1.55. The fourth-order valence-electron chi connectivity index (χ4n) is 2.08. The van der Waals surface area contributed by atoms with Crippen LogP contribution in [0.1, 0.15) is 24.1 Å². The van der Waals surface area contributed by atoms with Gasteiger partial charge >= 0.3 is 5.97 Å². The number of hydrogen-bond acceptors (Lipinski definition) is 3. The highest BCUT2D eigenvalue weighted by molar-refractivity contribution is 9.10. The van der Waals surface area contributed by atoms with Crippen molar-refractivity contribution >= 4 is 39.4 Å². The third-order valence-corrected chi connectivity index (χ3v) is 4.15. The van der Waals surface area contributed by atoms with E-state index in [1.54, 1.807) is 12.1 Å². The molecule has 0 bridgehead atoms. The van der Waals surface area contributed by atoms with Crippen LogP contribution in [-0.2, 0) is 20.7 Å². The van der Waals surface area contributed by atoms with Crippen molar-refractivity contribution in [2.45, 2.75) is 19.4 Å². The van der Waals surface area contributed by atoms with E-state index in [4.69, 9.17) is 16.3 Å². The monoisotopic (exact) mass is 409 g/mol. The van der Waals surface area contributed by atoms with Crippen molar-refractivity contribution in [1.82, 2.24) is 5.32 Å². The normalized spacial score (nSPS) is 11.6. The van der Waals surface area contributed by atoms with E-state index < -0.39 is 5.97 Å². The van der Waals surface area contributed by atoms with Gasteiger partial charge in [0, 0.05) is 9.50 Å². The number of carbonyl (C=O) groups is 2. The minimum atomic E-state index is -0.438. The average molecular weight is 411 g/mol. The highest BCUT2D eigenvalue weighted by Gasteiger charge is 2.12. The summed E-state index contributed by atoms with van der Waals surface area (Å²) in [5, 5.41) is 3.41. The molecule has 0 heterocycles. The number of amides is 1. The second kappa shape index (κ2) is 8.85. The first-order chi connectivity index (χ1) is 11.4. The molecule has 2 aromatic rings. The predicted molar refractivity (Wildman–Crippen MR) is 96.8 cm³/mol. The lowest BCUT2D eigenvalue weighted by atomic mass is 10.1. The molecular formula is C18H17BrClNO3. The van der Waals surface area contributed by atoms with Crippen LogP contribution in [0.15, 0.2) is 53.0 Å². The molecule has 0 fully saturated rings. The molecule has 4 nitrogen and oxygen atoms in total. The van der Waals surface area contributed by atoms with Crippen molar-refractivity contribution in [3.63, 3.8) is 0 Å². The van der Waals surface area contributed by atoms with Crippen molar-refractivity contribution in [3.8, 4) is 0 Å². The Hall–Kier alpha value is -1.85. The van der Waals surface area contributed by atoms with Gasteiger partial charge in [0.25, 0.3) is 5.91 Å². The molecule has 0 unspecified atom stereocenters. The van der Waals surface area contributed by atoms with Crippen molar-refractivity contribution in [1.29, 1.82) is 0 Å². The second-order valence-electron chi connectivity index (χ2n) is 5.30. The molecule has 0 aromatic heterocycles. The Balaban J connectivity index is 1.76. The maximum Gasteiger partial charge on any atom is 0.310 e. The van der Waals surface area contributed by atoms with Crippen LogP contribution in [0, 0.1) is 0 Å². The highest BCUT2D eigenvalue weighted by atomic mass is 79.9. The van der Waals surface area contributed by atoms with E-state index in [9.17, 15) is 9.59 Å². The first-order valence-electron chi connectivity index (χ1n) is 7.39. The zero-order chi connectivity index (χ0) is 17.5. The number of ether oxygens (including phenoxy) is 1. The zero-order valence-corrected chi connectivity index (χ0v) is 15.4. The summed E-state index contributed by atoms with van der Waals surface area (Å²) in [5.74, 6) is -0.784. The molecule has 1 N–H and O–H groups in total. The van der Waals surface area contributed by atoms with Crippen LogP contribution >= 0.6 is 27.5 Å². The lowest BCUT2D eigenvalue weighted by Gasteiger charge is -2.14. The molecule has 2 aromatic carbocycles. The quantitative estimate of drug-likeness (QED) is 0.731. The molecule has 0 saturated carbocycles. The fourth-order valence-corrected chi connectivity index (χ4v) is 2.47. The summed E-state index contributed by atoms with van der Waals surface area (Å²) in [6, 6.07) is 14.4. The van der Waals surface area contributed by atoms with Crippen molar-refractivity contribution in [2.24, 2.45) is 0 Å². The standard InChI is InChI=1S/C18H17BrClNO3/c1-12(14-4-8-16(20)9-5-14)21-17(22)11-24-18(23)10-13-2-6-15(19)7-3-13/h2-9,12H,10-11H2,1H3,(H,21,22)/t12-/m0/s1. The second-order valence-corrected chi connectivity index (χ2v) is 6.66. The van der Waals surface area contributed by atoms with E-state index >= 15 is 0 Å². The molecule has 0 spiro atoms. The number of carbonyl (C=O) groups excluding carboxylic acids is 2. The fraction of sp³-hybridized carbons (Fsp3) is 0.222. The summed E-state index contributed by atoms with van der Waals surface area (Å²) < 4.78 is 5.95. The Morgan fingerprint density at radius 1 is 1.12 bits per heavy atom. The van der Waals surface area contributed by atoms with Crippen LogP contribution in [0.5, 0.6) is 0 Å². The van der Waals surface area contributed by atoms with Gasteiger partial charge in [0.1, 0.15) is 0 Å². The van der Waals surface area contributed by atoms with Gasteiger partial charge in [-0.15, -0.1) is 0 Å². The van der Waals surface area contributed by atoms with Gasteiger partial charge in [0.15, 0.2) is 6.61 Å². The predicted octanol–water partition coefficient (Wildman–Crippen LogP) is 4.07. The highest BCUT2D eigenvalue weighted by Crippen LogP contribution is 2.16.